The molecule has 0 heterocycles. The van der Waals surface area contributed by atoms with Crippen LogP contribution in [0, 0.1) is 17.3 Å². The van der Waals surface area contributed by atoms with E-state index < -0.39 is 23.1 Å². The van der Waals surface area contributed by atoms with Crippen LogP contribution in [0.25, 0.3) is 0 Å². The van der Waals surface area contributed by atoms with Crippen LogP contribution in [0.1, 0.15) is 57.3 Å². The number of esters is 1. The Labute approximate surface area is 160 Å². The number of fused-ring (bicyclic) bond motifs is 1. The van der Waals surface area contributed by atoms with Crippen molar-refractivity contribution in [1.29, 1.82) is 0 Å². The van der Waals surface area contributed by atoms with Crippen LogP contribution in [0.3, 0.4) is 0 Å². The number of ketones is 1. The van der Waals surface area contributed by atoms with Gasteiger partial charge >= 0.3 is 5.97 Å². The molecule has 0 aliphatic heterocycles. The molecule has 1 fully saturated rings. The highest BCUT2D eigenvalue weighted by atomic mass is 16.5. The Morgan fingerprint density at radius 3 is 2.44 bits per heavy atom. The number of allylic oxidation sites excluding steroid dienone is 1. The Morgan fingerprint density at radius 2 is 1.85 bits per heavy atom. The average molecular weight is 372 g/mol. The molecule has 0 unspecified atom stereocenters. The normalized spacial score (nSPS) is 33.4. The minimum absolute atomic E-state index is 0.0268. The van der Waals surface area contributed by atoms with E-state index in [0.717, 1.165) is 0 Å². The first-order valence-corrected chi connectivity index (χ1v) is 9.51. The fourth-order valence-electron chi connectivity index (χ4n) is 4.76. The lowest BCUT2D eigenvalue weighted by molar-refractivity contribution is -0.122. The molecule has 3 rings (SSSR count). The quantitative estimate of drug-likeness (QED) is 0.792. The maximum absolute atomic E-state index is 12.7. The highest BCUT2D eigenvalue weighted by Gasteiger charge is 2.60. The molecule has 4 atom stereocenters. The fraction of sp³-hybridized carbons (Fsp3) is 0.545. The molecule has 0 bridgehead atoms. The summed E-state index contributed by atoms with van der Waals surface area (Å²) < 4.78 is 5.83. The van der Waals surface area contributed by atoms with Crippen LogP contribution in [0.4, 0.5) is 0 Å². The third kappa shape index (κ3) is 3.41. The summed E-state index contributed by atoms with van der Waals surface area (Å²) in [7, 11) is 0. The van der Waals surface area contributed by atoms with Crippen molar-refractivity contribution in [3.05, 3.63) is 41.5 Å². The van der Waals surface area contributed by atoms with Crippen LogP contribution in [0.5, 0.6) is 5.75 Å². The van der Waals surface area contributed by atoms with Crippen molar-refractivity contribution in [2.45, 2.75) is 58.7 Å². The number of benzene rings is 1. The number of hydrogen-bond donors (Lipinski definition) is 2. The van der Waals surface area contributed by atoms with Gasteiger partial charge in [0, 0.05) is 12.3 Å². The molecule has 1 saturated carbocycles. The number of hydrogen-bond acceptors (Lipinski definition) is 5. The Kier molecular flexibility index (Phi) is 4.93. The van der Waals surface area contributed by atoms with Crippen molar-refractivity contribution in [1.82, 2.24) is 0 Å². The summed E-state index contributed by atoms with van der Waals surface area (Å²) in [6.45, 7) is 7.69. The molecule has 0 saturated heterocycles. The van der Waals surface area contributed by atoms with Crippen LogP contribution in [0.2, 0.25) is 0 Å². The van der Waals surface area contributed by atoms with Gasteiger partial charge in [0.05, 0.1) is 11.2 Å². The average Bonchev–Trinajstić information content (AvgIpc) is 2.81. The number of aromatic hydroxyl groups is 1. The first-order valence-electron chi connectivity index (χ1n) is 9.51. The van der Waals surface area contributed by atoms with Gasteiger partial charge in [0.1, 0.15) is 11.9 Å². The zero-order chi connectivity index (χ0) is 20.0. The molecular weight excluding hydrogens is 344 g/mol. The predicted molar refractivity (Wildman–Crippen MR) is 101 cm³/mol. The van der Waals surface area contributed by atoms with Gasteiger partial charge in [-0.2, -0.15) is 0 Å². The summed E-state index contributed by atoms with van der Waals surface area (Å²) in [5.41, 5.74) is -0.539. The molecule has 5 heteroatoms. The summed E-state index contributed by atoms with van der Waals surface area (Å²) in [5.74, 6) is -0.800. The molecule has 0 radical (unpaired) electrons. The number of phenolic OH excluding ortho intramolecular Hbond substituents is 1. The van der Waals surface area contributed by atoms with Crippen LogP contribution < -0.4 is 0 Å². The summed E-state index contributed by atoms with van der Waals surface area (Å²) in [6.07, 6.45) is 2.67. The summed E-state index contributed by atoms with van der Waals surface area (Å²) in [4.78, 5) is 25.3. The van der Waals surface area contributed by atoms with E-state index in [0.29, 0.717) is 30.4 Å². The molecule has 0 amide bonds. The van der Waals surface area contributed by atoms with Gasteiger partial charge < -0.3 is 14.9 Å². The molecule has 27 heavy (non-hydrogen) atoms. The van der Waals surface area contributed by atoms with E-state index in [1.807, 2.05) is 20.8 Å². The van der Waals surface area contributed by atoms with E-state index in [1.54, 1.807) is 13.0 Å². The third-order valence-electron chi connectivity index (χ3n) is 6.48. The van der Waals surface area contributed by atoms with E-state index in [-0.39, 0.29) is 23.4 Å². The molecule has 2 N–H and O–H groups in total. The maximum atomic E-state index is 12.7. The Bertz CT molecular complexity index is 778. The molecule has 2 aliphatic rings. The summed E-state index contributed by atoms with van der Waals surface area (Å²) in [6, 6.07) is 5.86. The van der Waals surface area contributed by atoms with Crippen LogP contribution in [-0.4, -0.2) is 33.7 Å². The standard InChI is InChI=1S/C22H28O5/c1-13(2)22(26)10-9-21(4)12-17(24)14(3)11-18(19(21)22)27-20(25)15-5-7-16(23)8-6-15/h5-8,11,13,18-19,23,26H,9-10,12H2,1-4H3/t18-,19-,21-,22-/m1/s1. The predicted octanol–water partition coefficient (Wildman–Crippen LogP) is 3.64. The molecule has 2 aliphatic carbocycles. The third-order valence-corrected chi connectivity index (χ3v) is 6.48. The number of ether oxygens (including phenoxy) is 1. The van der Waals surface area contributed by atoms with Crippen LogP contribution >= 0.6 is 0 Å². The molecule has 1 aromatic carbocycles. The minimum Gasteiger partial charge on any atom is -0.508 e. The molecule has 0 aromatic heterocycles. The van der Waals surface area contributed by atoms with Crippen molar-refractivity contribution in [2.75, 3.05) is 0 Å². The van der Waals surface area contributed by atoms with Gasteiger partial charge in [-0.1, -0.05) is 20.8 Å². The fourth-order valence-corrected chi connectivity index (χ4v) is 4.76. The van der Waals surface area contributed by atoms with Gasteiger partial charge in [-0.3, -0.25) is 4.79 Å². The number of phenols is 1. The van der Waals surface area contributed by atoms with E-state index in [9.17, 15) is 19.8 Å². The maximum Gasteiger partial charge on any atom is 0.338 e. The van der Waals surface area contributed by atoms with E-state index in [2.05, 4.69) is 0 Å². The van der Waals surface area contributed by atoms with Crippen molar-refractivity contribution < 1.29 is 24.5 Å². The largest absolute Gasteiger partial charge is 0.508 e. The Balaban J connectivity index is 1.99. The van der Waals surface area contributed by atoms with E-state index in [4.69, 9.17) is 4.74 Å². The number of Topliss-reactive ketones (excluding diaryl/α,β-unsaturated/α-hetero) is 1. The highest BCUT2D eigenvalue weighted by molar-refractivity contribution is 5.96. The zero-order valence-electron chi connectivity index (χ0n) is 16.4. The number of carbonyl (C=O) groups is 2. The zero-order valence-corrected chi connectivity index (χ0v) is 16.4. The topological polar surface area (TPSA) is 83.8 Å². The lowest BCUT2D eigenvalue weighted by Crippen LogP contribution is -2.50. The molecule has 1 aromatic rings. The number of rotatable bonds is 3. The lowest BCUT2D eigenvalue weighted by atomic mass is 9.68. The van der Waals surface area contributed by atoms with Crippen molar-refractivity contribution >= 4 is 11.8 Å². The molecule has 146 valence electrons. The van der Waals surface area contributed by atoms with Crippen LogP contribution in [-0.2, 0) is 9.53 Å². The second-order valence-electron chi connectivity index (χ2n) is 8.64. The smallest absolute Gasteiger partial charge is 0.338 e. The minimum atomic E-state index is -1.00. The molecule has 0 spiro atoms. The van der Waals surface area contributed by atoms with Crippen LogP contribution in [0.15, 0.2) is 35.9 Å². The van der Waals surface area contributed by atoms with Crippen molar-refractivity contribution in [3.8, 4) is 5.75 Å². The van der Waals surface area contributed by atoms with Crippen molar-refractivity contribution in [2.24, 2.45) is 17.3 Å². The highest BCUT2D eigenvalue weighted by Crippen LogP contribution is 2.57. The first kappa shape index (κ1) is 19.6. The second-order valence-corrected chi connectivity index (χ2v) is 8.64. The Hall–Kier alpha value is -2.14. The first-order chi connectivity index (χ1) is 12.6. The van der Waals surface area contributed by atoms with Gasteiger partial charge in [-0.15, -0.1) is 0 Å². The Morgan fingerprint density at radius 1 is 1.22 bits per heavy atom. The van der Waals surface area contributed by atoms with Gasteiger partial charge in [-0.05, 0) is 67.0 Å². The van der Waals surface area contributed by atoms with E-state index >= 15 is 0 Å². The second kappa shape index (κ2) is 6.79. The van der Waals surface area contributed by atoms with Gasteiger partial charge in [0.25, 0.3) is 0 Å². The SMILES string of the molecule is CC1=C[C@@H](OC(=O)c2ccc(O)cc2)[C@@H]2[C@](C)(CC[C@@]2(O)C(C)C)CC1=O. The lowest BCUT2D eigenvalue weighted by Gasteiger charge is -2.42. The summed E-state index contributed by atoms with van der Waals surface area (Å²) >= 11 is 0. The monoisotopic (exact) mass is 372 g/mol. The van der Waals surface area contributed by atoms with Crippen molar-refractivity contribution in [3.63, 3.8) is 0 Å². The summed E-state index contributed by atoms with van der Waals surface area (Å²) in [5, 5.41) is 20.9. The van der Waals surface area contributed by atoms with Gasteiger partial charge in [0.2, 0.25) is 0 Å². The number of aliphatic hydroxyl groups is 1. The van der Waals surface area contributed by atoms with Gasteiger partial charge in [0.15, 0.2) is 5.78 Å². The molecule has 5 nitrogen and oxygen atoms in total. The molecular formula is C22H28O5. The van der Waals surface area contributed by atoms with Gasteiger partial charge in [-0.25, -0.2) is 4.79 Å². The number of carbonyl (C=O) groups excluding carboxylic acids is 2. The van der Waals surface area contributed by atoms with E-state index in [1.165, 1.54) is 24.3 Å².